The topological polar surface area (TPSA) is 37.3 Å². The Balaban J connectivity index is 2.13. The molecular formula is C16H12O2. The van der Waals surface area contributed by atoms with Crippen molar-refractivity contribution in [3.63, 3.8) is 0 Å². The minimum absolute atomic E-state index is 0.0331. The summed E-state index contributed by atoms with van der Waals surface area (Å²) in [5.74, 6) is 0.157. The molecule has 3 aromatic carbocycles. The first-order chi connectivity index (χ1) is 8.70. The highest BCUT2D eigenvalue weighted by molar-refractivity contribution is 5.96. The van der Waals surface area contributed by atoms with E-state index in [0.717, 1.165) is 16.7 Å². The Morgan fingerprint density at radius 1 is 0.833 bits per heavy atom. The Morgan fingerprint density at radius 2 is 1.39 bits per heavy atom. The lowest BCUT2D eigenvalue weighted by atomic mass is 10.0. The van der Waals surface area contributed by atoms with Crippen molar-refractivity contribution in [2.24, 2.45) is 0 Å². The van der Waals surface area contributed by atoms with E-state index < -0.39 is 0 Å². The van der Waals surface area contributed by atoms with Gasteiger partial charge in [-0.3, -0.25) is 4.79 Å². The van der Waals surface area contributed by atoms with Crippen LogP contribution in [-0.4, -0.2) is 5.11 Å². The summed E-state index contributed by atoms with van der Waals surface area (Å²) in [6.07, 6.45) is 0. The summed E-state index contributed by atoms with van der Waals surface area (Å²) in [6, 6.07) is 14.7. The van der Waals surface area contributed by atoms with E-state index in [1.807, 2.05) is 37.3 Å². The van der Waals surface area contributed by atoms with Crippen LogP contribution in [0.15, 0.2) is 53.3 Å². The fourth-order valence-corrected chi connectivity index (χ4v) is 2.22. The van der Waals surface area contributed by atoms with Crippen LogP contribution in [0.5, 0.6) is 5.75 Å². The van der Waals surface area contributed by atoms with E-state index in [4.69, 9.17) is 0 Å². The van der Waals surface area contributed by atoms with Gasteiger partial charge in [0.25, 0.3) is 0 Å². The van der Waals surface area contributed by atoms with E-state index in [-0.39, 0.29) is 11.2 Å². The highest BCUT2D eigenvalue weighted by atomic mass is 16.3. The molecule has 1 N–H and O–H groups in total. The third kappa shape index (κ3) is 1.54. The van der Waals surface area contributed by atoms with Gasteiger partial charge in [0.05, 0.1) is 0 Å². The van der Waals surface area contributed by atoms with Crippen molar-refractivity contribution in [3.05, 3.63) is 64.3 Å². The van der Waals surface area contributed by atoms with E-state index in [1.165, 1.54) is 0 Å². The lowest BCUT2D eigenvalue weighted by Gasteiger charge is -2.00. The number of aryl methyl sites for hydroxylation is 1. The van der Waals surface area contributed by atoms with Gasteiger partial charge in [0, 0.05) is 16.7 Å². The molecule has 0 bridgehead atoms. The predicted octanol–water partition coefficient (Wildman–Crippen LogP) is 3.27. The first kappa shape index (κ1) is 10.8. The number of benzene rings is 2. The average molecular weight is 236 g/mol. The van der Waals surface area contributed by atoms with Crippen LogP contribution < -0.4 is 5.43 Å². The molecule has 0 amide bonds. The van der Waals surface area contributed by atoms with Crippen molar-refractivity contribution in [1.29, 1.82) is 0 Å². The van der Waals surface area contributed by atoms with Gasteiger partial charge in [-0.05, 0) is 24.1 Å². The first-order valence-electron chi connectivity index (χ1n) is 5.83. The summed E-state index contributed by atoms with van der Waals surface area (Å²) in [5.41, 5.74) is 4.07. The van der Waals surface area contributed by atoms with Crippen LogP contribution in [0.3, 0.4) is 0 Å². The lowest BCUT2D eigenvalue weighted by Crippen LogP contribution is -1.81. The molecular weight excluding hydrogens is 224 g/mol. The van der Waals surface area contributed by atoms with Crippen molar-refractivity contribution in [1.82, 2.24) is 0 Å². The maximum Gasteiger partial charge on any atom is 0.195 e. The quantitative estimate of drug-likeness (QED) is 0.741. The number of hydrogen-bond acceptors (Lipinski definition) is 2. The number of phenols is 1. The van der Waals surface area contributed by atoms with Crippen molar-refractivity contribution < 1.29 is 5.11 Å². The standard InChI is InChI=1S/C16H12O2/c1-10-6-2-3-7-11(10)14-15(16(14)18)12-8-4-5-9-13(12)17/h2-9,17H,1H3. The number of rotatable bonds is 2. The summed E-state index contributed by atoms with van der Waals surface area (Å²) >= 11 is 0. The normalized spacial score (nSPS) is 10.9. The third-order valence-corrected chi connectivity index (χ3v) is 3.23. The van der Waals surface area contributed by atoms with Gasteiger partial charge in [-0.15, -0.1) is 0 Å². The molecule has 0 aliphatic rings. The molecule has 0 spiro atoms. The van der Waals surface area contributed by atoms with Crippen molar-refractivity contribution in [3.8, 4) is 28.0 Å². The van der Waals surface area contributed by atoms with Gasteiger partial charge in [0.1, 0.15) is 5.75 Å². The minimum atomic E-state index is 0.0331. The highest BCUT2D eigenvalue weighted by Crippen LogP contribution is 2.39. The summed E-state index contributed by atoms with van der Waals surface area (Å²) in [6.45, 7) is 1.98. The molecule has 0 saturated carbocycles. The first-order valence-corrected chi connectivity index (χ1v) is 5.83. The van der Waals surface area contributed by atoms with E-state index in [9.17, 15) is 9.90 Å². The van der Waals surface area contributed by atoms with Crippen LogP contribution in [0.2, 0.25) is 0 Å². The molecule has 0 heterocycles. The van der Waals surface area contributed by atoms with E-state index in [1.54, 1.807) is 18.2 Å². The van der Waals surface area contributed by atoms with Gasteiger partial charge in [-0.1, -0.05) is 42.5 Å². The molecule has 0 unspecified atom stereocenters. The predicted molar refractivity (Wildman–Crippen MR) is 72.4 cm³/mol. The van der Waals surface area contributed by atoms with E-state index in [0.29, 0.717) is 11.1 Å². The zero-order valence-electron chi connectivity index (χ0n) is 9.97. The zero-order chi connectivity index (χ0) is 12.7. The highest BCUT2D eigenvalue weighted by Gasteiger charge is 2.27. The molecule has 0 fully saturated rings. The molecule has 3 rings (SSSR count). The van der Waals surface area contributed by atoms with Crippen LogP contribution in [0.4, 0.5) is 0 Å². The van der Waals surface area contributed by atoms with Gasteiger partial charge in [-0.25, -0.2) is 0 Å². The number of aromatic hydroxyl groups is 1. The summed E-state index contributed by atoms with van der Waals surface area (Å²) < 4.78 is 0. The number of hydrogen-bond donors (Lipinski definition) is 1. The van der Waals surface area contributed by atoms with Gasteiger partial charge in [-0.2, -0.15) is 0 Å². The van der Waals surface area contributed by atoms with Crippen LogP contribution in [0.1, 0.15) is 5.56 Å². The van der Waals surface area contributed by atoms with E-state index >= 15 is 0 Å². The molecule has 0 saturated heterocycles. The minimum Gasteiger partial charge on any atom is -0.507 e. The van der Waals surface area contributed by atoms with Gasteiger partial charge >= 0.3 is 0 Å². The largest absolute Gasteiger partial charge is 0.507 e. The smallest absolute Gasteiger partial charge is 0.195 e. The Kier molecular flexibility index (Phi) is 2.30. The molecule has 0 atom stereocenters. The second-order valence-electron chi connectivity index (χ2n) is 4.41. The van der Waals surface area contributed by atoms with Gasteiger partial charge in [0.15, 0.2) is 5.43 Å². The van der Waals surface area contributed by atoms with Crippen LogP contribution in [-0.2, 0) is 0 Å². The fourth-order valence-electron chi connectivity index (χ4n) is 2.22. The maximum absolute atomic E-state index is 11.9. The Labute approximate surface area is 105 Å². The van der Waals surface area contributed by atoms with Crippen LogP contribution in [0.25, 0.3) is 22.3 Å². The molecule has 0 aliphatic carbocycles. The Hall–Kier alpha value is -2.35. The summed E-state index contributed by atoms with van der Waals surface area (Å²) in [5, 5.41) is 9.79. The third-order valence-electron chi connectivity index (χ3n) is 3.23. The zero-order valence-corrected chi connectivity index (χ0v) is 9.97. The Bertz CT molecular complexity index is 670. The van der Waals surface area contributed by atoms with Crippen molar-refractivity contribution >= 4 is 0 Å². The Morgan fingerprint density at radius 3 is 2.06 bits per heavy atom. The average Bonchev–Trinajstić information content (AvgIpc) is 3.02. The molecule has 0 radical (unpaired) electrons. The molecule has 0 aromatic heterocycles. The maximum atomic E-state index is 11.9. The monoisotopic (exact) mass is 236 g/mol. The second kappa shape index (κ2) is 3.84. The number of phenolic OH excluding ortho intramolecular Hbond substituents is 1. The molecule has 3 aromatic rings. The van der Waals surface area contributed by atoms with Crippen LogP contribution >= 0.6 is 0 Å². The fraction of sp³-hybridized carbons (Fsp3) is 0.0625. The molecule has 2 heteroatoms. The van der Waals surface area contributed by atoms with Crippen molar-refractivity contribution in [2.45, 2.75) is 6.92 Å². The molecule has 0 aliphatic heterocycles. The SMILES string of the molecule is Cc1ccccc1-c1c(-c2ccccc2O)c1=O. The lowest BCUT2D eigenvalue weighted by molar-refractivity contribution is 0.477. The summed E-state index contributed by atoms with van der Waals surface area (Å²) in [4.78, 5) is 11.9. The van der Waals surface area contributed by atoms with Gasteiger partial charge in [0.2, 0.25) is 0 Å². The van der Waals surface area contributed by atoms with E-state index in [2.05, 4.69) is 0 Å². The molecule has 88 valence electrons. The summed E-state index contributed by atoms with van der Waals surface area (Å²) in [7, 11) is 0. The van der Waals surface area contributed by atoms with Crippen LogP contribution in [0, 0.1) is 6.92 Å². The molecule has 2 nitrogen and oxygen atoms in total. The number of para-hydroxylation sites is 1. The molecule has 18 heavy (non-hydrogen) atoms. The van der Waals surface area contributed by atoms with Gasteiger partial charge < -0.3 is 5.11 Å². The van der Waals surface area contributed by atoms with Crippen molar-refractivity contribution in [2.75, 3.05) is 0 Å². The second-order valence-corrected chi connectivity index (χ2v) is 4.41.